The van der Waals surface area contributed by atoms with Gasteiger partial charge in [-0.25, -0.2) is 0 Å². The second kappa shape index (κ2) is 7.29. The molecule has 7 nitrogen and oxygen atoms in total. The van der Waals surface area contributed by atoms with Crippen LogP contribution in [0.3, 0.4) is 0 Å². The molecule has 0 spiro atoms. The zero-order valence-electron chi connectivity index (χ0n) is 14.6. The third kappa shape index (κ3) is 4.12. The number of aryl methyl sites for hydroxylation is 2. The fraction of sp³-hybridized carbons (Fsp3) is 0.333. The number of carbonyl (C=O) groups excluding carboxylic acids is 1. The molecule has 0 saturated heterocycles. The SMILES string of the molecule is Cc1cc(C)n(C[C@H](C)CNC(=O)c2cc(-c3ccccn3)no2)n1. The summed E-state index contributed by atoms with van der Waals surface area (Å²) in [6.07, 6.45) is 1.67. The van der Waals surface area contributed by atoms with Crippen LogP contribution in [0.1, 0.15) is 28.9 Å². The second-order valence-corrected chi connectivity index (χ2v) is 6.22. The summed E-state index contributed by atoms with van der Waals surface area (Å²) in [7, 11) is 0. The quantitative estimate of drug-likeness (QED) is 0.746. The van der Waals surface area contributed by atoms with Gasteiger partial charge in [-0.1, -0.05) is 18.1 Å². The van der Waals surface area contributed by atoms with Gasteiger partial charge in [-0.2, -0.15) is 5.10 Å². The van der Waals surface area contributed by atoms with Crippen molar-refractivity contribution in [1.29, 1.82) is 0 Å². The Morgan fingerprint density at radius 3 is 2.80 bits per heavy atom. The maximum absolute atomic E-state index is 12.2. The van der Waals surface area contributed by atoms with Gasteiger partial charge in [-0.15, -0.1) is 0 Å². The molecule has 0 aliphatic rings. The van der Waals surface area contributed by atoms with Crippen molar-refractivity contribution in [1.82, 2.24) is 25.2 Å². The van der Waals surface area contributed by atoms with Crippen LogP contribution in [0.15, 0.2) is 41.1 Å². The van der Waals surface area contributed by atoms with E-state index in [0.717, 1.165) is 17.9 Å². The van der Waals surface area contributed by atoms with E-state index in [1.807, 2.05) is 42.8 Å². The summed E-state index contributed by atoms with van der Waals surface area (Å²) in [6.45, 7) is 7.33. The average Bonchev–Trinajstić information content (AvgIpc) is 3.21. The predicted molar refractivity (Wildman–Crippen MR) is 92.9 cm³/mol. The number of amides is 1. The number of nitrogens with one attached hydrogen (secondary N) is 1. The first-order chi connectivity index (χ1) is 12.0. The molecule has 0 aliphatic heterocycles. The zero-order valence-corrected chi connectivity index (χ0v) is 14.6. The van der Waals surface area contributed by atoms with Crippen LogP contribution >= 0.6 is 0 Å². The highest BCUT2D eigenvalue weighted by molar-refractivity contribution is 5.92. The molecular formula is C18H21N5O2. The van der Waals surface area contributed by atoms with E-state index in [-0.39, 0.29) is 17.6 Å². The van der Waals surface area contributed by atoms with Crippen molar-refractivity contribution in [3.05, 3.63) is 53.7 Å². The van der Waals surface area contributed by atoms with Gasteiger partial charge in [0.1, 0.15) is 5.69 Å². The fourth-order valence-corrected chi connectivity index (χ4v) is 2.59. The van der Waals surface area contributed by atoms with E-state index >= 15 is 0 Å². The Labute approximate surface area is 146 Å². The first-order valence-corrected chi connectivity index (χ1v) is 8.20. The van der Waals surface area contributed by atoms with Gasteiger partial charge in [0.05, 0.1) is 11.4 Å². The molecule has 0 radical (unpaired) electrons. The van der Waals surface area contributed by atoms with E-state index in [2.05, 4.69) is 27.5 Å². The summed E-state index contributed by atoms with van der Waals surface area (Å²) in [5, 5.41) is 11.2. The summed E-state index contributed by atoms with van der Waals surface area (Å²) < 4.78 is 7.09. The molecule has 3 heterocycles. The molecule has 0 unspecified atom stereocenters. The lowest BCUT2D eigenvalue weighted by Gasteiger charge is -2.13. The molecule has 7 heteroatoms. The molecule has 25 heavy (non-hydrogen) atoms. The molecule has 130 valence electrons. The van der Waals surface area contributed by atoms with Gasteiger partial charge in [-0.05, 0) is 38.0 Å². The Morgan fingerprint density at radius 1 is 1.28 bits per heavy atom. The molecule has 0 aromatic carbocycles. The minimum absolute atomic E-state index is 0.180. The topological polar surface area (TPSA) is 85.8 Å². The predicted octanol–water partition coefficient (Wildman–Crippen LogP) is 2.62. The molecule has 1 atom stereocenters. The molecule has 3 rings (SSSR count). The lowest BCUT2D eigenvalue weighted by atomic mass is 10.2. The van der Waals surface area contributed by atoms with Crippen LogP contribution in [0.25, 0.3) is 11.4 Å². The highest BCUT2D eigenvalue weighted by Gasteiger charge is 2.16. The van der Waals surface area contributed by atoms with Gasteiger partial charge in [-0.3, -0.25) is 14.5 Å². The Bertz CT molecular complexity index is 853. The molecule has 0 saturated carbocycles. The Hall–Kier alpha value is -2.96. The molecule has 0 bridgehead atoms. The number of hydrogen-bond acceptors (Lipinski definition) is 5. The van der Waals surface area contributed by atoms with Crippen molar-refractivity contribution in [2.75, 3.05) is 6.54 Å². The highest BCUT2D eigenvalue weighted by atomic mass is 16.5. The Morgan fingerprint density at radius 2 is 2.12 bits per heavy atom. The molecule has 0 aliphatic carbocycles. The Balaban J connectivity index is 1.56. The van der Waals surface area contributed by atoms with Gasteiger partial charge >= 0.3 is 0 Å². The number of hydrogen-bond donors (Lipinski definition) is 1. The minimum Gasteiger partial charge on any atom is -0.350 e. The van der Waals surface area contributed by atoms with E-state index < -0.39 is 0 Å². The molecule has 0 fully saturated rings. The van der Waals surface area contributed by atoms with Crippen LogP contribution in [0.5, 0.6) is 0 Å². The van der Waals surface area contributed by atoms with Gasteiger partial charge in [0.25, 0.3) is 5.91 Å². The average molecular weight is 339 g/mol. The fourth-order valence-electron chi connectivity index (χ4n) is 2.59. The lowest BCUT2D eigenvalue weighted by molar-refractivity contribution is 0.0909. The maximum Gasteiger partial charge on any atom is 0.289 e. The number of pyridine rings is 1. The van der Waals surface area contributed by atoms with E-state index in [9.17, 15) is 4.79 Å². The maximum atomic E-state index is 12.2. The third-order valence-electron chi connectivity index (χ3n) is 3.86. The summed E-state index contributed by atoms with van der Waals surface area (Å²) in [4.78, 5) is 16.4. The standard InChI is InChI=1S/C18H21N5O2/c1-12(11-23-14(3)8-13(2)21-23)10-20-18(24)17-9-16(22-25-17)15-6-4-5-7-19-15/h4-9,12H,10-11H2,1-3H3,(H,20,24)/t12-/m1/s1. The molecule has 1 amide bonds. The summed E-state index contributed by atoms with van der Waals surface area (Å²) >= 11 is 0. The first-order valence-electron chi connectivity index (χ1n) is 8.20. The van der Waals surface area contributed by atoms with Crippen molar-refractivity contribution in [2.24, 2.45) is 5.92 Å². The van der Waals surface area contributed by atoms with E-state index in [0.29, 0.717) is 17.9 Å². The monoisotopic (exact) mass is 339 g/mol. The van der Waals surface area contributed by atoms with Crippen molar-refractivity contribution in [2.45, 2.75) is 27.3 Å². The summed E-state index contributed by atoms with van der Waals surface area (Å²) in [5.74, 6) is 0.133. The van der Waals surface area contributed by atoms with E-state index in [1.54, 1.807) is 12.3 Å². The molecule has 3 aromatic heterocycles. The van der Waals surface area contributed by atoms with Crippen LogP contribution in [-0.2, 0) is 6.54 Å². The number of aromatic nitrogens is 4. The van der Waals surface area contributed by atoms with Crippen LogP contribution in [0.4, 0.5) is 0 Å². The van der Waals surface area contributed by atoms with Gasteiger partial charge in [0.2, 0.25) is 5.76 Å². The Kier molecular flexibility index (Phi) is 4.92. The minimum atomic E-state index is -0.283. The van der Waals surface area contributed by atoms with Gasteiger partial charge in [0.15, 0.2) is 0 Å². The van der Waals surface area contributed by atoms with Crippen molar-refractivity contribution >= 4 is 5.91 Å². The van der Waals surface area contributed by atoms with Crippen LogP contribution in [0.2, 0.25) is 0 Å². The second-order valence-electron chi connectivity index (χ2n) is 6.22. The number of carbonyl (C=O) groups is 1. The molecular weight excluding hydrogens is 318 g/mol. The third-order valence-corrected chi connectivity index (χ3v) is 3.86. The highest BCUT2D eigenvalue weighted by Crippen LogP contribution is 2.16. The van der Waals surface area contributed by atoms with E-state index in [4.69, 9.17) is 4.52 Å². The first kappa shape index (κ1) is 16.9. The smallest absolute Gasteiger partial charge is 0.289 e. The zero-order chi connectivity index (χ0) is 17.8. The lowest BCUT2D eigenvalue weighted by Crippen LogP contribution is -2.30. The van der Waals surface area contributed by atoms with Crippen molar-refractivity contribution in [3.8, 4) is 11.4 Å². The van der Waals surface area contributed by atoms with E-state index in [1.165, 1.54) is 0 Å². The normalized spacial score (nSPS) is 12.1. The van der Waals surface area contributed by atoms with Crippen molar-refractivity contribution < 1.29 is 9.32 Å². The number of rotatable bonds is 6. The van der Waals surface area contributed by atoms with Gasteiger partial charge < -0.3 is 9.84 Å². The molecule has 3 aromatic rings. The van der Waals surface area contributed by atoms with Crippen LogP contribution < -0.4 is 5.32 Å². The van der Waals surface area contributed by atoms with Crippen molar-refractivity contribution in [3.63, 3.8) is 0 Å². The number of nitrogens with zero attached hydrogens (tertiary/aromatic N) is 4. The summed E-state index contributed by atoms with van der Waals surface area (Å²) in [6, 6.07) is 9.14. The largest absolute Gasteiger partial charge is 0.350 e. The van der Waals surface area contributed by atoms with Crippen LogP contribution in [0, 0.1) is 19.8 Å². The van der Waals surface area contributed by atoms with Gasteiger partial charge in [0, 0.05) is 31.0 Å². The molecule has 1 N–H and O–H groups in total. The summed E-state index contributed by atoms with van der Waals surface area (Å²) in [5.41, 5.74) is 3.33. The van der Waals surface area contributed by atoms with Crippen LogP contribution in [-0.4, -0.2) is 32.4 Å².